The van der Waals surface area contributed by atoms with Crippen molar-refractivity contribution in [1.82, 2.24) is 0 Å². The van der Waals surface area contributed by atoms with Gasteiger partial charge in [-0.3, -0.25) is 9.59 Å². The Bertz CT molecular complexity index is 1240. The number of carbonyl (C=O) groups excluding carboxylic acids is 4. The minimum absolute atomic E-state index is 0. The third-order valence-corrected chi connectivity index (χ3v) is 4.74. The zero-order valence-electron chi connectivity index (χ0n) is 21.1. The van der Waals surface area contributed by atoms with Gasteiger partial charge in [0.1, 0.15) is 0 Å². The van der Waals surface area contributed by atoms with Crippen LogP contribution < -0.4 is 0 Å². The number of ether oxygens (including phenoxy) is 2. The van der Waals surface area contributed by atoms with Crippen molar-refractivity contribution in [3.8, 4) is 0 Å². The number of carboxylic acids is 2. The van der Waals surface area contributed by atoms with Crippen LogP contribution in [0.1, 0.15) is 83.4 Å². The van der Waals surface area contributed by atoms with E-state index in [1.165, 1.54) is 70.5 Å². The second-order valence-corrected chi connectivity index (χ2v) is 7.45. The van der Waals surface area contributed by atoms with Gasteiger partial charge >= 0.3 is 23.9 Å². The van der Waals surface area contributed by atoms with Gasteiger partial charge in [0.25, 0.3) is 0 Å². The van der Waals surface area contributed by atoms with Crippen molar-refractivity contribution >= 4 is 35.4 Å². The van der Waals surface area contributed by atoms with E-state index in [0.29, 0.717) is 16.7 Å². The number of methoxy groups -OCH3 is 2. The maximum atomic E-state index is 11.1. The number of rotatable bonds is 6. The molecule has 0 amide bonds. The number of hydrogen-bond donors (Lipinski definition) is 2. The largest absolute Gasteiger partial charge is 0.478 e. The van der Waals surface area contributed by atoms with E-state index < -0.39 is 23.9 Å². The van der Waals surface area contributed by atoms with Crippen molar-refractivity contribution in [3.63, 3.8) is 0 Å². The van der Waals surface area contributed by atoms with Gasteiger partial charge in [0.05, 0.1) is 36.5 Å². The molecule has 3 aromatic rings. The number of Topliss-reactive ketones (excluding diaryl/α,β-unsaturated/α-hetero) is 2. The Hall–Kier alpha value is -5.12. The van der Waals surface area contributed by atoms with Crippen molar-refractivity contribution in [1.29, 1.82) is 0 Å². The van der Waals surface area contributed by atoms with Crippen LogP contribution in [0.15, 0.2) is 72.8 Å². The molecule has 0 radical (unpaired) electrons. The summed E-state index contributed by atoms with van der Waals surface area (Å²) >= 11 is 0. The highest BCUT2D eigenvalue weighted by molar-refractivity contribution is 5.98. The number of hydrogen-bond acceptors (Lipinski definition) is 8. The lowest BCUT2D eigenvalue weighted by molar-refractivity contribution is 0.0591. The number of esters is 2. The van der Waals surface area contributed by atoms with Gasteiger partial charge in [0, 0.05) is 11.1 Å². The number of carbonyl (C=O) groups is 6. The van der Waals surface area contributed by atoms with E-state index >= 15 is 0 Å². The van der Waals surface area contributed by atoms with Crippen molar-refractivity contribution in [2.24, 2.45) is 0 Å². The summed E-state index contributed by atoms with van der Waals surface area (Å²) < 4.78 is 8.96. The van der Waals surface area contributed by atoms with Crippen LogP contribution in [-0.4, -0.2) is 59.9 Å². The van der Waals surface area contributed by atoms with E-state index in [-0.39, 0.29) is 35.7 Å². The van der Waals surface area contributed by atoms with Gasteiger partial charge in [-0.25, -0.2) is 19.2 Å². The first kappa shape index (κ1) is 33.9. The average Bonchev–Trinajstić information content (AvgIpc) is 2.92. The minimum Gasteiger partial charge on any atom is -0.478 e. The Morgan fingerprint density at radius 1 is 0.513 bits per heavy atom. The summed E-state index contributed by atoms with van der Waals surface area (Å²) in [6, 6.07) is 18.1. The topological polar surface area (TPSA) is 161 Å². The second kappa shape index (κ2) is 16.6. The molecule has 0 spiro atoms. The van der Waals surface area contributed by atoms with E-state index in [1.54, 1.807) is 30.3 Å². The lowest BCUT2D eigenvalue weighted by Crippen LogP contribution is -2.03. The summed E-state index contributed by atoms with van der Waals surface area (Å²) in [5, 5.41) is 17.2. The molecule has 0 aliphatic carbocycles. The van der Waals surface area contributed by atoms with E-state index in [2.05, 4.69) is 9.47 Å². The summed E-state index contributed by atoms with van der Waals surface area (Å²) in [6.07, 6.45) is 0. The molecule has 10 nitrogen and oxygen atoms in total. The fourth-order valence-electron chi connectivity index (χ4n) is 2.75. The average molecular weight is 539 g/mol. The Balaban J connectivity index is 0.000000549. The van der Waals surface area contributed by atoms with E-state index in [0.717, 1.165) is 0 Å². The molecule has 0 fully saturated rings. The quantitative estimate of drug-likeness (QED) is 0.320. The highest BCUT2D eigenvalue weighted by Crippen LogP contribution is 2.08. The third-order valence-electron chi connectivity index (χ3n) is 4.74. The standard InChI is InChI=1S/C10H10O3.C9H8O4.C9H8O3.CH4/c1-7(11)8-4-3-5-9(6-8)10(12)13-2;1-13-9(12)7-4-2-3-6(5-7)8(10)11;1-6(10)7-3-2-4-8(5-7)9(11)12;/h3-6H,1-2H3;2-5H,1H3,(H,10,11);2-5H,1H3,(H,11,12);1H4. The molecule has 3 aromatic carbocycles. The fourth-order valence-corrected chi connectivity index (χ4v) is 2.75. The van der Waals surface area contributed by atoms with Crippen LogP contribution in [0.25, 0.3) is 0 Å². The summed E-state index contributed by atoms with van der Waals surface area (Å²) in [5.74, 6) is -3.24. The molecule has 2 N–H and O–H groups in total. The summed E-state index contributed by atoms with van der Waals surface area (Å²) in [7, 11) is 2.55. The van der Waals surface area contributed by atoms with Gasteiger partial charge < -0.3 is 19.7 Å². The third kappa shape index (κ3) is 11.2. The monoisotopic (exact) mass is 538 g/mol. The van der Waals surface area contributed by atoms with Crippen LogP contribution in [0.3, 0.4) is 0 Å². The van der Waals surface area contributed by atoms with Crippen LogP contribution in [0.5, 0.6) is 0 Å². The van der Waals surface area contributed by atoms with Crippen molar-refractivity contribution in [2.45, 2.75) is 21.3 Å². The van der Waals surface area contributed by atoms with Crippen LogP contribution in [0.2, 0.25) is 0 Å². The van der Waals surface area contributed by atoms with Gasteiger partial charge in [-0.2, -0.15) is 0 Å². The predicted molar refractivity (Wildman–Crippen MR) is 143 cm³/mol. The normalized spacial score (nSPS) is 9.13. The van der Waals surface area contributed by atoms with E-state index in [4.69, 9.17) is 10.2 Å². The van der Waals surface area contributed by atoms with Crippen LogP contribution in [-0.2, 0) is 9.47 Å². The first-order valence-electron chi connectivity index (χ1n) is 10.9. The number of aromatic carboxylic acids is 2. The van der Waals surface area contributed by atoms with Gasteiger partial charge in [-0.1, -0.05) is 37.8 Å². The van der Waals surface area contributed by atoms with Crippen molar-refractivity contribution in [3.05, 3.63) is 106 Å². The highest BCUT2D eigenvalue weighted by Gasteiger charge is 2.09. The number of ketones is 2. The Kier molecular flexibility index (Phi) is 14.4. The molecule has 10 heteroatoms. The second-order valence-electron chi connectivity index (χ2n) is 7.45. The summed E-state index contributed by atoms with van der Waals surface area (Å²) in [5.41, 5.74) is 1.79. The lowest BCUT2D eigenvalue weighted by atomic mass is 10.1. The minimum atomic E-state index is -1.06. The first-order chi connectivity index (χ1) is 17.9. The maximum absolute atomic E-state index is 11.1. The summed E-state index contributed by atoms with van der Waals surface area (Å²) in [4.78, 5) is 64.8. The molecule has 0 saturated carbocycles. The Labute approximate surface area is 225 Å². The molecule has 0 bridgehead atoms. The van der Waals surface area contributed by atoms with Gasteiger partial charge in [-0.15, -0.1) is 0 Å². The predicted octanol–water partition coefficient (Wildman–Crippen LogP) is 5.07. The SMILES string of the molecule is C.CC(=O)c1cccc(C(=O)O)c1.COC(=O)c1cccc(C(=O)O)c1.COC(=O)c1cccc(C(C)=O)c1. The molecular formula is C29H30O10. The molecular weight excluding hydrogens is 508 g/mol. The van der Waals surface area contributed by atoms with Crippen LogP contribution in [0, 0.1) is 0 Å². The fraction of sp³-hybridized carbons (Fsp3) is 0.172. The Morgan fingerprint density at radius 2 is 0.769 bits per heavy atom. The van der Waals surface area contributed by atoms with Crippen molar-refractivity contribution < 1.29 is 48.5 Å². The molecule has 0 atom stereocenters. The number of benzene rings is 3. The number of carboxylic acid groups (broad SMARTS) is 2. The smallest absolute Gasteiger partial charge is 0.337 e. The Morgan fingerprint density at radius 3 is 1.05 bits per heavy atom. The molecule has 0 unspecified atom stereocenters. The van der Waals surface area contributed by atoms with Gasteiger partial charge in [0.2, 0.25) is 0 Å². The zero-order chi connectivity index (χ0) is 28.8. The molecule has 206 valence electrons. The van der Waals surface area contributed by atoms with E-state index in [9.17, 15) is 28.8 Å². The zero-order valence-corrected chi connectivity index (χ0v) is 21.1. The molecule has 0 saturated heterocycles. The van der Waals surface area contributed by atoms with Crippen LogP contribution in [0.4, 0.5) is 0 Å². The van der Waals surface area contributed by atoms with E-state index in [1.807, 2.05) is 0 Å². The molecule has 0 aromatic heterocycles. The molecule has 0 aliphatic heterocycles. The lowest BCUT2D eigenvalue weighted by Gasteiger charge is -2.00. The molecule has 0 aliphatic rings. The van der Waals surface area contributed by atoms with Crippen molar-refractivity contribution in [2.75, 3.05) is 14.2 Å². The van der Waals surface area contributed by atoms with Gasteiger partial charge in [-0.05, 0) is 56.3 Å². The maximum Gasteiger partial charge on any atom is 0.337 e. The first-order valence-corrected chi connectivity index (χ1v) is 10.9. The van der Waals surface area contributed by atoms with Crippen LogP contribution >= 0.6 is 0 Å². The molecule has 3 rings (SSSR count). The van der Waals surface area contributed by atoms with Gasteiger partial charge in [0.15, 0.2) is 11.6 Å². The highest BCUT2D eigenvalue weighted by atomic mass is 16.5. The summed E-state index contributed by atoms with van der Waals surface area (Å²) in [6.45, 7) is 2.86. The molecule has 0 heterocycles. The molecule has 39 heavy (non-hydrogen) atoms.